The summed E-state index contributed by atoms with van der Waals surface area (Å²) >= 11 is 0. The number of fused-ring (bicyclic) bond motifs is 5. The molecule has 2 N–H and O–H groups in total. The SMILES string of the molecule is CC(=O)C1CCC2C3CCC4=CC(O)CCC4(C)C3C(O)CC12C. The summed E-state index contributed by atoms with van der Waals surface area (Å²) in [5.74, 6) is 1.85. The number of aliphatic hydroxyl groups excluding tert-OH is 2. The minimum Gasteiger partial charge on any atom is -0.393 e. The third kappa shape index (κ3) is 2.13. The molecule has 24 heavy (non-hydrogen) atoms. The van der Waals surface area contributed by atoms with Crippen molar-refractivity contribution < 1.29 is 15.0 Å². The molecule has 3 saturated carbocycles. The van der Waals surface area contributed by atoms with Crippen LogP contribution in [0.4, 0.5) is 0 Å². The van der Waals surface area contributed by atoms with E-state index in [1.54, 1.807) is 6.92 Å². The van der Waals surface area contributed by atoms with Crippen molar-refractivity contribution in [3.8, 4) is 0 Å². The molecule has 4 aliphatic rings. The fourth-order valence-electron chi connectivity index (χ4n) is 7.51. The monoisotopic (exact) mass is 332 g/mol. The van der Waals surface area contributed by atoms with E-state index in [1.807, 2.05) is 0 Å². The molecular weight excluding hydrogens is 300 g/mol. The predicted octanol–water partition coefficient (Wildman–Crippen LogP) is 3.49. The largest absolute Gasteiger partial charge is 0.393 e. The van der Waals surface area contributed by atoms with Crippen molar-refractivity contribution in [3.63, 3.8) is 0 Å². The summed E-state index contributed by atoms with van der Waals surface area (Å²) in [5.41, 5.74) is 1.40. The van der Waals surface area contributed by atoms with Crippen molar-refractivity contribution in [2.75, 3.05) is 0 Å². The Morgan fingerprint density at radius 3 is 2.62 bits per heavy atom. The molecular formula is C21H32O3. The summed E-state index contributed by atoms with van der Waals surface area (Å²) in [6.45, 7) is 6.33. The number of aliphatic hydroxyl groups is 2. The first-order chi connectivity index (χ1) is 11.3. The fourth-order valence-corrected chi connectivity index (χ4v) is 7.51. The van der Waals surface area contributed by atoms with Crippen molar-refractivity contribution in [2.45, 2.75) is 77.9 Å². The van der Waals surface area contributed by atoms with E-state index in [2.05, 4.69) is 19.9 Å². The smallest absolute Gasteiger partial charge is 0.133 e. The Hall–Kier alpha value is -0.670. The Kier molecular flexibility index (Phi) is 3.78. The average Bonchev–Trinajstić information content (AvgIpc) is 2.84. The highest BCUT2D eigenvalue weighted by molar-refractivity contribution is 5.79. The van der Waals surface area contributed by atoms with Gasteiger partial charge < -0.3 is 10.2 Å². The molecule has 0 aromatic carbocycles. The van der Waals surface area contributed by atoms with Gasteiger partial charge >= 0.3 is 0 Å². The van der Waals surface area contributed by atoms with Gasteiger partial charge in [0, 0.05) is 5.92 Å². The third-order valence-electron chi connectivity index (χ3n) is 8.51. The first kappa shape index (κ1) is 16.8. The average molecular weight is 332 g/mol. The van der Waals surface area contributed by atoms with Crippen molar-refractivity contribution in [1.82, 2.24) is 0 Å². The zero-order valence-corrected chi connectivity index (χ0v) is 15.3. The first-order valence-corrected chi connectivity index (χ1v) is 9.85. The third-order valence-corrected chi connectivity index (χ3v) is 8.51. The summed E-state index contributed by atoms with van der Waals surface area (Å²) in [7, 11) is 0. The molecule has 8 unspecified atom stereocenters. The van der Waals surface area contributed by atoms with E-state index in [0.717, 1.165) is 44.9 Å². The summed E-state index contributed by atoms with van der Waals surface area (Å²) in [6, 6.07) is 0. The van der Waals surface area contributed by atoms with Gasteiger partial charge in [0.15, 0.2) is 0 Å². The number of Topliss-reactive ketones (excluding diaryl/α,β-unsaturated/α-hetero) is 1. The molecule has 0 amide bonds. The molecule has 3 nitrogen and oxygen atoms in total. The van der Waals surface area contributed by atoms with E-state index >= 15 is 0 Å². The standard InChI is InChI=1S/C21H32O3/c1-12(22)16-6-7-17-15-5-4-13-10-14(23)8-9-20(13,2)19(15)18(24)11-21(16,17)3/h10,14-19,23-24H,4-9,11H2,1-3H3. The number of carbonyl (C=O) groups is 1. The Labute approximate surface area is 145 Å². The molecule has 4 aliphatic carbocycles. The van der Waals surface area contributed by atoms with Crippen LogP contribution in [0.25, 0.3) is 0 Å². The summed E-state index contributed by atoms with van der Waals surface area (Å²) < 4.78 is 0. The molecule has 0 aliphatic heterocycles. The van der Waals surface area contributed by atoms with Gasteiger partial charge in [0.25, 0.3) is 0 Å². The lowest BCUT2D eigenvalue weighted by Crippen LogP contribution is -2.57. The summed E-state index contributed by atoms with van der Waals surface area (Å²) in [6.07, 6.45) is 8.34. The number of hydrogen-bond acceptors (Lipinski definition) is 3. The Morgan fingerprint density at radius 1 is 1.17 bits per heavy atom. The highest BCUT2D eigenvalue weighted by Crippen LogP contribution is 2.66. The predicted molar refractivity (Wildman–Crippen MR) is 93.3 cm³/mol. The number of ketones is 1. The van der Waals surface area contributed by atoms with Crippen LogP contribution in [0.15, 0.2) is 11.6 Å². The first-order valence-electron chi connectivity index (χ1n) is 9.85. The number of hydrogen-bond donors (Lipinski definition) is 2. The van der Waals surface area contributed by atoms with Crippen LogP contribution in [-0.4, -0.2) is 28.2 Å². The second-order valence-electron chi connectivity index (χ2n) is 9.57. The highest BCUT2D eigenvalue weighted by atomic mass is 16.3. The number of allylic oxidation sites excluding steroid dienone is 1. The molecule has 134 valence electrons. The normalized spacial score (nSPS) is 53.6. The minimum atomic E-state index is -0.319. The summed E-state index contributed by atoms with van der Waals surface area (Å²) in [5, 5.41) is 21.2. The maximum atomic E-state index is 12.2. The maximum absolute atomic E-state index is 12.2. The minimum absolute atomic E-state index is 0.0157. The molecule has 0 saturated heterocycles. The van der Waals surface area contributed by atoms with Crippen LogP contribution >= 0.6 is 0 Å². The molecule has 0 heterocycles. The quantitative estimate of drug-likeness (QED) is 0.723. The van der Waals surface area contributed by atoms with E-state index in [0.29, 0.717) is 23.5 Å². The van der Waals surface area contributed by atoms with E-state index < -0.39 is 0 Å². The zero-order valence-electron chi connectivity index (χ0n) is 15.3. The summed E-state index contributed by atoms with van der Waals surface area (Å²) in [4.78, 5) is 12.2. The topological polar surface area (TPSA) is 57.5 Å². The van der Waals surface area contributed by atoms with Gasteiger partial charge in [0.2, 0.25) is 0 Å². The molecule has 0 spiro atoms. The van der Waals surface area contributed by atoms with Crippen LogP contribution in [-0.2, 0) is 4.79 Å². The van der Waals surface area contributed by atoms with Gasteiger partial charge in [-0.1, -0.05) is 25.5 Å². The Balaban J connectivity index is 1.71. The van der Waals surface area contributed by atoms with Crippen molar-refractivity contribution >= 4 is 5.78 Å². The Bertz CT molecular complexity index is 582. The van der Waals surface area contributed by atoms with Crippen LogP contribution < -0.4 is 0 Å². The molecule has 3 fully saturated rings. The van der Waals surface area contributed by atoms with Gasteiger partial charge in [0.05, 0.1) is 12.2 Å². The van der Waals surface area contributed by atoms with Gasteiger partial charge in [-0.3, -0.25) is 4.79 Å². The fraction of sp³-hybridized carbons (Fsp3) is 0.857. The molecule has 3 heteroatoms. The molecule has 0 radical (unpaired) electrons. The van der Waals surface area contributed by atoms with E-state index in [4.69, 9.17) is 0 Å². The van der Waals surface area contributed by atoms with Crippen molar-refractivity contribution in [1.29, 1.82) is 0 Å². The van der Waals surface area contributed by atoms with Crippen LogP contribution in [0, 0.1) is 34.5 Å². The van der Waals surface area contributed by atoms with Crippen molar-refractivity contribution in [3.05, 3.63) is 11.6 Å². The molecule has 0 aromatic heterocycles. The highest BCUT2D eigenvalue weighted by Gasteiger charge is 2.62. The molecule has 4 rings (SSSR count). The van der Waals surface area contributed by atoms with Crippen LogP contribution in [0.2, 0.25) is 0 Å². The van der Waals surface area contributed by atoms with E-state index in [1.165, 1.54) is 5.57 Å². The lowest BCUT2D eigenvalue weighted by atomic mass is 9.46. The second kappa shape index (κ2) is 5.41. The van der Waals surface area contributed by atoms with Gasteiger partial charge in [-0.15, -0.1) is 0 Å². The lowest BCUT2D eigenvalue weighted by molar-refractivity contribution is -0.142. The number of carbonyl (C=O) groups excluding carboxylic acids is 1. The van der Waals surface area contributed by atoms with E-state index in [-0.39, 0.29) is 29.0 Å². The molecule has 0 bridgehead atoms. The van der Waals surface area contributed by atoms with Gasteiger partial charge in [-0.25, -0.2) is 0 Å². The Morgan fingerprint density at radius 2 is 1.92 bits per heavy atom. The van der Waals surface area contributed by atoms with Crippen LogP contribution in [0.5, 0.6) is 0 Å². The van der Waals surface area contributed by atoms with Crippen LogP contribution in [0.1, 0.15) is 65.7 Å². The lowest BCUT2D eigenvalue weighted by Gasteiger charge is -2.60. The van der Waals surface area contributed by atoms with E-state index in [9.17, 15) is 15.0 Å². The second-order valence-corrected chi connectivity index (χ2v) is 9.57. The molecule has 0 aromatic rings. The van der Waals surface area contributed by atoms with Crippen molar-refractivity contribution in [2.24, 2.45) is 34.5 Å². The number of rotatable bonds is 1. The van der Waals surface area contributed by atoms with Crippen LogP contribution in [0.3, 0.4) is 0 Å². The maximum Gasteiger partial charge on any atom is 0.133 e. The van der Waals surface area contributed by atoms with Gasteiger partial charge in [0.1, 0.15) is 5.78 Å². The molecule has 8 atom stereocenters. The van der Waals surface area contributed by atoms with Gasteiger partial charge in [-0.2, -0.15) is 0 Å². The zero-order chi connectivity index (χ0) is 17.3. The van der Waals surface area contributed by atoms with Gasteiger partial charge in [-0.05, 0) is 80.5 Å².